The van der Waals surface area contributed by atoms with Crippen LogP contribution < -0.4 is 20.1 Å². The first-order valence-corrected chi connectivity index (χ1v) is 8.47. The van der Waals surface area contributed by atoms with Crippen LogP contribution in [0, 0.1) is 0 Å². The number of carbonyl (C=O) groups is 1. The van der Waals surface area contributed by atoms with E-state index in [1.54, 1.807) is 19.4 Å². The number of hydrogen-bond acceptors (Lipinski definition) is 5. The molecule has 0 saturated carbocycles. The molecular formula is C20H26N2O4. The lowest BCUT2D eigenvalue weighted by Gasteiger charge is -2.15. The highest BCUT2D eigenvalue weighted by Crippen LogP contribution is 2.28. The van der Waals surface area contributed by atoms with Crippen LogP contribution >= 0.6 is 0 Å². The molecule has 0 spiro atoms. The minimum absolute atomic E-state index is 0.0892. The Labute approximate surface area is 154 Å². The van der Waals surface area contributed by atoms with Gasteiger partial charge in [-0.05, 0) is 49.2 Å². The predicted molar refractivity (Wildman–Crippen MR) is 100 cm³/mol. The fourth-order valence-corrected chi connectivity index (χ4v) is 2.25. The topological polar surface area (TPSA) is 72.7 Å². The van der Waals surface area contributed by atoms with Gasteiger partial charge in [-0.15, -0.1) is 0 Å². The average Bonchev–Trinajstić information content (AvgIpc) is 3.15. The van der Waals surface area contributed by atoms with E-state index in [0.29, 0.717) is 31.2 Å². The number of hydrogen-bond donors (Lipinski definition) is 2. The standard InChI is InChI=1S/C20H26N2O4/c1-14(2)13-26-19-10-16(7-8-18(19)24-4)11-21-15(3)20(23)22-12-17-6-5-9-25-17/h5-10,15,21H,1,11-13H2,2-4H3,(H,22,23). The smallest absolute Gasteiger partial charge is 0.237 e. The lowest BCUT2D eigenvalue weighted by molar-refractivity contribution is -0.123. The number of carbonyl (C=O) groups excluding carboxylic acids is 1. The largest absolute Gasteiger partial charge is 0.493 e. The van der Waals surface area contributed by atoms with Gasteiger partial charge in [0.2, 0.25) is 5.91 Å². The van der Waals surface area contributed by atoms with E-state index in [1.165, 1.54) is 0 Å². The molecule has 1 heterocycles. The normalized spacial score (nSPS) is 11.7. The first kappa shape index (κ1) is 19.6. The molecule has 0 aliphatic carbocycles. The lowest BCUT2D eigenvalue weighted by Crippen LogP contribution is -2.41. The maximum atomic E-state index is 12.1. The maximum absolute atomic E-state index is 12.1. The van der Waals surface area contributed by atoms with Crippen molar-refractivity contribution in [1.29, 1.82) is 0 Å². The Morgan fingerprint density at radius 3 is 2.73 bits per heavy atom. The van der Waals surface area contributed by atoms with Crippen LogP contribution in [0.1, 0.15) is 25.2 Å². The number of rotatable bonds is 10. The number of furan rings is 1. The minimum atomic E-state index is -0.341. The van der Waals surface area contributed by atoms with Crippen molar-refractivity contribution in [2.45, 2.75) is 33.0 Å². The van der Waals surface area contributed by atoms with Crippen molar-refractivity contribution in [3.05, 3.63) is 60.1 Å². The summed E-state index contributed by atoms with van der Waals surface area (Å²) in [6.07, 6.45) is 1.58. The molecule has 6 heteroatoms. The van der Waals surface area contributed by atoms with Crippen LogP contribution in [-0.4, -0.2) is 25.7 Å². The molecule has 0 bridgehead atoms. The van der Waals surface area contributed by atoms with Crippen molar-refractivity contribution in [3.8, 4) is 11.5 Å². The zero-order chi connectivity index (χ0) is 18.9. The predicted octanol–water partition coefficient (Wildman–Crippen LogP) is 3.04. The van der Waals surface area contributed by atoms with Crippen molar-refractivity contribution in [1.82, 2.24) is 10.6 Å². The molecule has 0 saturated heterocycles. The minimum Gasteiger partial charge on any atom is -0.493 e. The second kappa shape index (κ2) is 9.68. The van der Waals surface area contributed by atoms with Gasteiger partial charge in [0.1, 0.15) is 12.4 Å². The van der Waals surface area contributed by atoms with Crippen molar-refractivity contribution in [2.24, 2.45) is 0 Å². The van der Waals surface area contributed by atoms with Crippen molar-refractivity contribution in [2.75, 3.05) is 13.7 Å². The van der Waals surface area contributed by atoms with Gasteiger partial charge in [0.05, 0.1) is 26.0 Å². The molecule has 140 valence electrons. The molecular weight excluding hydrogens is 332 g/mol. The molecule has 0 fully saturated rings. The zero-order valence-electron chi connectivity index (χ0n) is 15.5. The number of ether oxygens (including phenoxy) is 2. The third-order valence-electron chi connectivity index (χ3n) is 3.72. The van der Waals surface area contributed by atoms with E-state index in [4.69, 9.17) is 13.9 Å². The zero-order valence-corrected chi connectivity index (χ0v) is 15.5. The van der Waals surface area contributed by atoms with Gasteiger partial charge in [-0.1, -0.05) is 12.6 Å². The van der Waals surface area contributed by atoms with E-state index in [0.717, 1.165) is 16.9 Å². The van der Waals surface area contributed by atoms with Crippen LogP contribution in [0.25, 0.3) is 0 Å². The fourth-order valence-electron chi connectivity index (χ4n) is 2.25. The van der Waals surface area contributed by atoms with Crippen LogP contribution in [0.15, 0.2) is 53.2 Å². The molecule has 1 amide bonds. The molecule has 0 aliphatic heterocycles. The van der Waals surface area contributed by atoms with Crippen LogP contribution in [-0.2, 0) is 17.9 Å². The van der Waals surface area contributed by atoms with Gasteiger partial charge < -0.3 is 24.5 Å². The molecule has 1 aromatic carbocycles. The molecule has 1 unspecified atom stereocenters. The van der Waals surface area contributed by atoms with E-state index in [9.17, 15) is 4.79 Å². The lowest BCUT2D eigenvalue weighted by atomic mass is 10.2. The summed E-state index contributed by atoms with van der Waals surface area (Å²) in [5.74, 6) is 1.96. The van der Waals surface area contributed by atoms with E-state index < -0.39 is 0 Å². The van der Waals surface area contributed by atoms with Crippen molar-refractivity contribution >= 4 is 5.91 Å². The monoisotopic (exact) mass is 358 g/mol. The van der Waals surface area contributed by atoms with Crippen LogP contribution in [0.4, 0.5) is 0 Å². The summed E-state index contributed by atoms with van der Waals surface area (Å²) < 4.78 is 16.2. The second-order valence-corrected chi connectivity index (χ2v) is 6.13. The highest BCUT2D eigenvalue weighted by atomic mass is 16.5. The molecule has 6 nitrogen and oxygen atoms in total. The number of amides is 1. The van der Waals surface area contributed by atoms with Gasteiger partial charge in [0.25, 0.3) is 0 Å². The van der Waals surface area contributed by atoms with Gasteiger partial charge >= 0.3 is 0 Å². The van der Waals surface area contributed by atoms with Gasteiger partial charge in [-0.2, -0.15) is 0 Å². The van der Waals surface area contributed by atoms with Gasteiger partial charge in [-0.3, -0.25) is 4.79 Å². The molecule has 2 aromatic rings. The van der Waals surface area contributed by atoms with Gasteiger partial charge in [0.15, 0.2) is 11.5 Å². The highest BCUT2D eigenvalue weighted by Gasteiger charge is 2.13. The number of methoxy groups -OCH3 is 1. The Bertz CT molecular complexity index is 725. The summed E-state index contributed by atoms with van der Waals surface area (Å²) >= 11 is 0. The quantitative estimate of drug-likeness (QED) is 0.639. The van der Waals surface area contributed by atoms with Crippen molar-refractivity contribution < 1.29 is 18.7 Å². The number of nitrogens with one attached hydrogen (secondary N) is 2. The Morgan fingerprint density at radius 2 is 2.08 bits per heavy atom. The molecule has 2 N–H and O–H groups in total. The van der Waals surface area contributed by atoms with Gasteiger partial charge in [-0.25, -0.2) is 0 Å². The van der Waals surface area contributed by atoms with E-state index >= 15 is 0 Å². The van der Waals surface area contributed by atoms with Gasteiger partial charge in [0, 0.05) is 6.54 Å². The Kier molecular flexibility index (Phi) is 7.29. The molecule has 0 aliphatic rings. The van der Waals surface area contributed by atoms with E-state index in [2.05, 4.69) is 17.2 Å². The SMILES string of the molecule is C=C(C)COc1cc(CNC(C)C(=O)NCc2ccco2)ccc1OC. The molecule has 0 radical (unpaired) electrons. The summed E-state index contributed by atoms with van der Waals surface area (Å²) in [7, 11) is 1.60. The first-order chi connectivity index (χ1) is 12.5. The third kappa shape index (κ3) is 5.97. The average molecular weight is 358 g/mol. The molecule has 1 atom stereocenters. The Hall–Kier alpha value is -2.73. The summed E-state index contributed by atoms with van der Waals surface area (Å²) in [5.41, 5.74) is 1.92. The van der Waals surface area contributed by atoms with E-state index in [1.807, 2.05) is 38.1 Å². The summed E-state index contributed by atoms with van der Waals surface area (Å²) in [6.45, 7) is 8.89. The maximum Gasteiger partial charge on any atom is 0.237 e. The number of benzene rings is 1. The highest BCUT2D eigenvalue weighted by molar-refractivity contribution is 5.81. The third-order valence-corrected chi connectivity index (χ3v) is 3.72. The van der Waals surface area contributed by atoms with E-state index in [-0.39, 0.29) is 11.9 Å². The van der Waals surface area contributed by atoms with Crippen LogP contribution in [0.5, 0.6) is 11.5 Å². The van der Waals surface area contributed by atoms with Crippen molar-refractivity contribution in [3.63, 3.8) is 0 Å². The summed E-state index contributed by atoms with van der Waals surface area (Å²) in [5, 5.41) is 6.04. The first-order valence-electron chi connectivity index (χ1n) is 8.47. The molecule has 2 rings (SSSR count). The molecule has 1 aromatic heterocycles. The van der Waals surface area contributed by atoms with Crippen LogP contribution in [0.3, 0.4) is 0 Å². The summed E-state index contributed by atoms with van der Waals surface area (Å²) in [6, 6.07) is 8.97. The summed E-state index contributed by atoms with van der Waals surface area (Å²) in [4.78, 5) is 12.1. The fraction of sp³-hybridized carbons (Fsp3) is 0.350. The molecule has 26 heavy (non-hydrogen) atoms. The Morgan fingerprint density at radius 1 is 1.27 bits per heavy atom. The second-order valence-electron chi connectivity index (χ2n) is 6.13. The Balaban J connectivity index is 1.87. The van der Waals surface area contributed by atoms with Crippen LogP contribution in [0.2, 0.25) is 0 Å².